The Labute approximate surface area is 75.0 Å². The van der Waals surface area contributed by atoms with Gasteiger partial charge in [-0.3, -0.25) is 4.90 Å². The Kier molecular flexibility index (Phi) is 1.91. The maximum atomic E-state index is 13.3. The number of carbonyl (C=O) groups is 1. The topological polar surface area (TPSA) is 60.8 Å². The molecule has 2 fully saturated rings. The minimum atomic E-state index is -1.41. The van der Waals surface area contributed by atoms with Crippen molar-refractivity contribution in [3.05, 3.63) is 0 Å². The second kappa shape index (κ2) is 2.83. The van der Waals surface area contributed by atoms with Gasteiger partial charge in [0.1, 0.15) is 6.17 Å². The Morgan fingerprint density at radius 1 is 1.46 bits per heavy atom. The van der Waals surface area contributed by atoms with Gasteiger partial charge in [-0.2, -0.15) is 0 Å². The number of hydrogen-bond acceptors (Lipinski definition) is 2. The van der Waals surface area contributed by atoms with E-state index in [0.717, 1.165) is 4.90 Å². The van der Waals surface area contributed by atoms with E-state index in [1.165, 1.54) is 0 Å². The monoisotopic (exact) mass is 189 g/mol. The third-order valence-electron chi connectivity index (χ3n) is 3.02. The van der Waals surface area contributed by atoms with Crippen LogP contribution in [0.3, 0.4) is 0 Å². The first-order valence-corrected chi connectivity index (χ1v) is 4.44. The number of alkyl halides is 1. The molecule has 0 saturated carbocycles. The van der Waals surface area contributed by atoms with Gasteiger partial charge in [0.25, 0.3) is 0 Å². The summed E-state index contributed by atoms with van der Waals surface area (Å²) in [4.78, 5) is 11.9. The molecule has 2 bridgehead atoms. The van der Waals surface area contributed by atoms with Crippen molar-refractivity contribution in [3.63, 3.8) is 0 Å². The van der Waals surface area contributed by atoms with Crippen LogP contribution in [0, 0.1) is 0 Å². The van der Waals surface area contributed by atoms with Crippen molar-refractivity contribution in [2.24, 2.45) is 0 Å². The van der Waals surface area contributed by atoms with E-state index >= 15 is 0 Å². The largest absolute Gasteiger partial charge is 0.465 e. The first kappa shape index (κ1) is 8.74. The fraction of sp³-hybridized carbons (Fsp3) is 0.875. The average molecular weight is 189 g/mol. The first-order valence-electron chi connectivity index (χ1n) is 4.44. The molecule has 2 saturated heterocycles. The molecule has 2 N–H and O–H groups in total. The molecule has 2 aliphatic rings. The highest BCUT2D eigenvalue weighted by molar-refractivity contribution is 5.66. The van der Waals surface area contributed by atoms with Gasteiger partial charge in [-0.15, -0.1) is 0 Å². The molecule has 0 spiro atoms. The quantitative estimate of drug-likeness (QED) is 0.586. The molecule has 2 aliphatic heterocycles. The average Bonchev–Trinajstić information content (AvgIpc) is 2.40. The molecule has 13 heavy (non-hydrogen) atoms. The number of fused-ring (bicyclic) bond motifs is 2. The van der Waals surface area contributed by atoms with Gasteiger partial charge in [0.05, 0.1) is 12.1 Å². The van der Waals surface area contributed by atoms with E-state index in [-0.39, 0.29) is 12.5 Å². The van der Waals surface area contributed by atoms with Gasteiger partial charge in [0, 0.05) is 6.04 Å². The van der Waals surface area contributed by atoms with E-state index in [0.29, 0.717) is 12.8 Å². The van der Waals surface area contributed by atoms with E-state index in [2.05, 4.69) is 0 Å². The third-order valence-corrected chi connectivity index (χ3v) is 3.02. The number of rotatable bonds is 0. The standard InChI is InChI=1S/C8H12FNO3/c9-7-5-2-1-4(3-6(7)11)10(5)8(12)13/h4-7,11H,1-3H2,(H,12,13)/t4-,5+,6+,7-/m0/s1. The molecule has 74 valence electrons. The molecule has 1 amide bonds. The van der Waals surface area contributed by atoms with Gasteiger partial charge in [-0.25, -0.2) is 9.18 Å². The summed E-state index contributed by atoms with van der Waals surface area (Å²) < 4.78 is 13.3. The van der Waals surface area contributed by atoms with Crippen molar-refractivity contribution in [1.29, 1.82) is 0 Å². The number of amides is 1. The van der Waals surface area contributed by atoms with E-state index in [1.54, 1.807) is 0 Å². The van der Waals surface area contributed by atoms with Crippen molar-refractivity contribution >= 4 is 6.09 Å². The maximum Gasteiger partial charge on any atom is 0.407 e. The van der Waals surface area contributed by atoms with Crippen LogP contribution >= 0.6 is 0 Å². The minimum absolute atomic E-state index is 0.176. The molecule has 0 aromatic carbocycles. The number of hydrogen-bond donors (Lipinski definition) is 2. The third kappa shape index (κ3) is 1.18. The number of nitrogens with zero attached hydrogens (tertiary/aromatic N) is 1. The second-order valence-corrected chi connectivity index (χ2v) is 3.74. The van der Waals surface area contributed by atoms with Crippen LogP contribution in [0.2, 0.25) is 0 Å². The molecule has 2 heterocycles. The molecule has 4 atom stereocenters. The molecular weight excluding hydrogens is 177 g/mol. The van der Waals surface area contributed by atoms with E-state index < -0.39 is 24.4 Å². The highest BCUT2D eigenvalue weighted by Gasteiger charge is 2.49. The Balaban J connectivity index is 2.21. The predicted octanol–water partition coefficient (Wildman–Crippen LogP) is 0.600. The molecular formula is C8H12FNO3. The lowest BCUT2D eigenvalue weighted by atomic mass is 9.99. The fourth-order valence-corrected chi connectivity index (χ4v) is 2.42. The Bertz CT molecular complexity index is 235. The Hall–Kier alpha value is -0.840. The number of carboxylic acid groups (broad SMARTS) is 1. The smallest absolute Gasteiger partial charge is 0.407 e. The lowest BCUT2D eigenvalue weighted by Crippen LogP contribution is -2.54. The Morgan fingerprint density at radius 2 is 2.15 bits per heavy atom. The van der Waals surface area contributed by atoms with Crippen LogP contribution in [0.15, 0.2) is 0 Å². The molecule has 2 rings (SSSR count). The summed E-state index contributed by atoms with van der Waals surface area (Å²) in [5, 5.41) is 18.1. The Morgan fingerprint density at radius 3 is 2.77 bits per heavy atom. The lowest BCUT2D eigenvalue weighted by molar-refractivity contribution is -0.0266. The van der Waals surface area contributed by atoms with Crippen LogP contribution < -0.4 is 0 Å². The van der Waals surface area contributed by atoms with Gasteiger partial charge in [-0.05, 0) is 19.3 Å². The maximum absolute atomic E-state index is 13.3. The number of piperidine rings is 1. The zero-order valence-corrected chi connectivity index (χ0v) is 7.06. The summed E-state index contributed by atoms with van der Waals surface area (Å²) in [5.74, 6) is 0. The summed E-state index contributed by atoms with van der Waals surface area (Å²) in [5.41, 5.74) is 0. The van der Waals surface area contributed by atoms with Gasteiger partial charge < -0.3 is 10.2 Å². The molecule has 0 aromatic rings. The predicted molar refractivity (Wildman–Crippen MR) is 42.2 cm³/mol. The van der Waals surface area contributed by atoms with Crippen LogP contribution in [0.1, 0.15) is 19.3 Å². The molecule has 5 heteroatoms. The molecule has 4 nitrogen and oxygen atoms in total. The van der Waals surface area contributed by atoms with Crippen LogP contribution in [0.5, 0.6) is 0 Å². The van der Waals surface area contributed by atoms with Crippen LogP contribution in [-0.2, 0) is 0 Å². The van der Waals surface area contributed by atoms with Gasteiger partial charge in [-0.1, -0.05) is 0 Å². The van der Waals surface area contributed by atoms with Crippen molar-refractivity contribution < 1.29 is 19.4 Å². The fourth-order valence-electron chi connectivity index (χ4n) is 2.42. The van der Waals surface area contributed by atoms with E-state index in [1.807, 2.05) is 0 Å². The van der Waals surface area contributed by atoms with E-state index in [4.69, 9.17) is 5.11 Å². The normalized spacial score (nSPS) is 43.7. The first-order chi connectivity index (χ1) is 6.11. The zero-order valence-electron chi connectivity index (χ0n) is 7.06. The van der Waals surface area contributed by atoms with Crippen LogP contribution in [-0.4, -0.2) is 45.6 Å². The van der Waals surface area contributed by atoms with E-state index in [9.17, 15) is 14.3 Å². The lowest BCUT2D eigenvalue weighted by Gasteiger charge is -2.37. The summed E-state index contributed by atoms with van der Waals surface area (Å²) in [6.45, 7) is 0. The number of aliphatic hydroxyl groups is 1. The van der Waals surface area contributed by atoms with Crippen molar-refractivity contribution in [2.45, 2.75) is 43.6 Å². The van der Waals surface area contributed by atoms with Crippen molar-refractivity contribution in [1.82, 2.24) is 4.90 Å². The zero-order chi connectivity index (χ0) is 9.59. The second-order valence-electron chi connectivity index (χ2n) is 3.74. The SMILES string of the molecule is O=C(O)N1[C@H]2CC[C@@H]1[C@H](F)[C@H](O)C2. The number of halogens is 1. The van der Waals surface area contributed by atoms with Gasteiger partial charge in [0.15, 0.2) is 0 Å². The van der Waals surface area contributed by atoms with Crippen LogP contribution in [0.25, 0.3) is 0 Å². The minimum Gasteiger partial charge on any atom is -0.465 e. The van der Waals surface area contributed by atoms with Crippen molar-refractivity contribution in [2.75, 3.05) is 0 Å². The number of aliphatic hydroxyl groups excluding tert-OH is 1. The highest BCUT2D eigenvalue weighted by Crippen LogP contribution is 2.37. The summed E-state index contributed by atoms with van der Waals surface area (Å²) in [6.07, 6.45) is -2.00. The summed E-state index contributed by atoms with van der Waals surface area (Å²) >= 11 is 0. The molecule has 0 unspecified atom stereocenters. The van der Waals surface area contributed by atoms with Gasteiger partial charge >= 0.3 is 6.09 Å². The highest BCUT2D eigenvalue weighted by atomic mass is 19.1. The molecule has 0 aromatic heterocycles. The van der Waals surface area contributed by atoms with Crippen LogP contribution in [0.4, 0.5) is 9.18 Å². The summed E-state index contributed by atoms with van der Waals surface area (Å²) in [7, 11) is 0. The van der Waals surface area contributed by atoms with Crippen molar-refractivity contribution in [3.8, 4) is 0 Å². The molecule has 0 radical (unpaired) electrons. The van der Waals surface area contributed by atoms with Gasteiger partial charge in [0.2, 0.25) is 0 Å². The molecule has 0 aliphatic carbocycles. The summed E-state index contributed by atoms with van der Waals surface area (Å²) in [6, 6.07) is -0.796.